The van der Waals surface area contributed by atoms with E-state index in [1.165, 1.54) is 0 Å². The summed E-state index contributed by atoms with van der Waals surface area (Å²) in [5.74, 6) is 0. The number of benzene rings is 1. The number of imidazole rings is 1. The molecule has 30 heavy (non-hydrogen) atoms. The Labute approximate surface area is 177 Å². The Morgan fingerprint density at radius 1 is 1.07 bits per heavy atom. The molecular formula is C22H21ClN4O3. The zero-order valence-corrected chi connectivity index (χ0v) is 17.0. The van der Waals surface area contributed by atoms with Crippen molar-refractivity contribution in [1.82, 2.24) is 14.3 Å². The first-order valence-corrected chi connectivity index (χ1v) is 10.3. The fraction of sp³-hybridized carbons (Fsp3) is 0.273. The van der Waals surface area contributed by atoms with Crippen molar-refractivity contribution in [3.8, 4) is 11.3 Å². The molecule has 7 nitrogen and oxygen atoms in total. The van der Waals surface area contributed by atoms with E-state index in [4.69, 9.17) is 21.1 Å². The summed E-state index contributed by atoms with van der Waals surface area (Å²) < 4.78 is 7.45. The topological polar surface area (TPSA) is 74.2 Å². The van der Waals surface area contributed by atoms with Gasteiger partial charge in [0, 0.05) is 62.3 Å². The Hall–Kier alpha value is -2.87. The number of nitrogens with zero attached hydrogens (tertiary/aromatic N) is 4. The molecule has 0 amide bonds. The third-order valence-electron chi connectivity index (χ3n) is 5.56. The summed E-state index contributed by atoms with van der Waals surface area (Å²) in [5, 5.41) is 10.5. The molecule has 0 spiro atoms. The average molecular weight is 425 g/mol. The van der Waals surface area contributed by atoms with E-state index in [9.17, 15) is 4.79 Å². The van der Waals surface area contributed by atoms with Crippen LogP contribution in [0.1, 0.15) is 0 Å². The molecule has 8 heteroatoms. The highest BCUT2D eigenvalue weighted by atomic mass is 35.5. The minimum absolute atomic E-state index is 0.183. The van der Waals surface area contributed by atoms with Crippen molar-refractivity contribution in [2.24, 2.45) is 0 Å². The van der Waals surface area contributed by atoms with E-state index in [2.05, 4.69) is 20.9 Å². The van der Waals surface area contributed by atoms with Crippen molar-refractivity contribution >= 4 is 33.9 Å². The summed E-state index contributed by atoms with van der Waals surface area (Å²) in [6.07, 6.45) is 3.53. The third-order valence-corrected chi connectivity index (χ3v) is 5.79. The molecule has 4 heterocycles. The van der Waals surface area contributed by atoms with Crippen LogP contribution >= 0.6 is 11.6 Å². The van der Waals surface area contributed by atoms with Crippen LogP contribution in [0.5, 0.6) is 0 Å². The number of halogens is 1. The lowest BCUT2D eigenvalue weighted by molar-refractivity contribution is 0.189. The zero-order chi connectivity index (χ0) is 20.7. The number of β-amino-alcohol motifs (C(OH)–C–C–N with tert-alkyl or cyclic N) is 1. The molecular weight excluding hydrogens is 404 g/mol. The van der Waals surface area contributed by atoms with Gasteiger partial charge >= 0.3 is 5.63 Å². The molecule has 0 bridgehead atoms. The molecule has 5 rings (SSSR count). The van der Waals surface area contributed by atoms with Gasteiger partial charge in [0.1, 0.15) is 11.2 Å². The monoisotopic (exact) mass is 424 g/mol. The summed E-state index contributed by atoms with van der Waals surface area (Å²) >= 11 is 6.04. The number of aliphatic hydroxyl groups is 1. The summed E-state index contributed by atoms with van der Waals surface area (Å²) in [4.78, 5) is 21.7. The first-order chi connectivity index (χ1) is 14.6. The Morgan fingerprint density at radius 2 is 1.90 bits per heavy atom. The molecule has 0 atom stereocenters. The van der Waals surface area contributed by atoms with Crippen LogP contribution in [0.3, 0.4) is 0 Å². The van der Waals surface area contributed by atoms with E-state index in [0.29, 0.717) is 34.1 Å². The minimum Gasteiger partial charge on any atom is -0.422 e. The molecule has 0 saturated carbocycles. The van der Waals surface area contributed by atoms with Crippen LogP contribution in [0, 0.1) is 0 Å². The number of rotatable bonds is 4. The van der Waals surface area contributed by atoms with E-state index in [1.54, 1.807) is 28.9 Å². The largest absolute Gasteiger partial charge is 0.422 e. The van der Waals surface area contributed by atoms with E-state index in [1.807, 2.05) is 18.2 Å². The molecule has 1 N–H and O–H groups in total. The molecule has 0 unspecified atom stereocenters. The molecule has 1 aliphatic heterocycles. The van der Waals surface area contributed by atoms with Gasteiger partial charge in [-0.05, 0) is 30.3 Å². The number of piperazine rings is 1. The van der Waals surface area contributed by atoms with Crippen LogP contribution in [0.4, 0.5) is 5.69 Å². The highest BCUT2D eigenvalue weighted by Crippen LogP contribution is 2.26. The molecule has 0 aliphatic carbocycles. The molecule has 1 fully saturated rings. The zero-order valence-electron chi connectivity index (χ0n) is 16.3. The number of pyridine rings is 1. The molecule has 3 aromatic heterocycles. The van der Waals surface area contributed by atoms with Crippen LogP contribution in [0.15, 0.2) is 58.0 Å². The molecule has 4 aromatic rings. The first-order valence-electron chi connectivity index (χ1n) is 9.91. The number of aliphatic hydroxyl groups excluding tert-OH is 1. The number of hydrogen-bond donors (Lipinski definition) is 1. The molecule has 1 aromatic carbocycles. The van der Waals surface area contributed by atoms with Gasteiger partial charge in [-0.25, -0.2) is 9.78 Å². The van der Waals surface area contributed by atoms with Gasteiger partial charge in [0.2, 0.25) is 0 Å². The second-order valence-electron chi connectivity index (χ2n) is 7.46. The van der Waals surface area contributed by atoms with Crippen molar-refractivity contribution in [3.05, 3.63) is 64.2 Å². The molecule has 154 valence electrons. The van der Waals surface area contributed by atoms with Gasteiger partial charge in [-0.15, -0.1) is 0 Å². The summed E-state index contributed by atoms with van der Waals surface area (Å²) in [5.41, 5.74) is 2.87. The fourth-order valence-electron chi connectivity index (χ4n) is 3.94. The van der Waals surface area contributed by atoms with Crippen molar-refractivity contribution < 1.29 is 9.52 Å². The van der Waals surface area contributed by atoms with Crippen LogP contribution in [0.2, 0.25) is 5.02 Å². The van der Waals surface area contributed by atoms with Gasteiger partial charge in [0.15, 0.2) is 0 Å². The Morgan fingerprint density at radius 3 is 2.70 bits per heavy atom. The minimum atomic E-state index is -0.415. The number of aromatic nitrogens is 2. The highest BCUT2D eigenvalue weighted by Gasteiger charge is 2.18. The highest BCUT2D eigenvalue weighted by molar-refractivity contribution is 6.30. The predicted molar refractivity (Wildman–Crippen MR) is 117 cm³/mol. The van der Waals surface area contributed by atoms with Crippen LogP contribution in [0.25, 0.3) is 27.9 Å². The second kappa shape index (κ2) is 7.75. The predicted octanol–water partition coefficient (Wildman–Crippen LogP) is 2.88. The van der Waals surface area contributed by atoms with Crippen molar-refractivity contribution in [1.29, 1.82) is 0 Å². The Bertz CT molecular complexity index is 1270. The number of hydrogen-bond acceptors (Lipinski definition) is 6. The van der Waals surface area contributed by atoms with Crippen LogP contribution in [-0.4, -0.2) is 58.7 Å². The van der Waals surface area contributed by atoms with Crippen LogP contribution in [-0.2, 0) is 0 Å². The van der Waals surface area contributed by atoms with Crippen molar-refractivity contribution in [2.45, 2.75) is 0 Å². The second-order valence-corrected chi connectivity index (χ2v) is 7.90. The normalized spacial score (nSPS) is 15.3. The molecule has 1 aliphatic rings. The molecule has 1 saturated heterocycles. The quantitative estimate of drug-likeness (QED) is 0.508. The van der Waals surface area contributed by atoms with E-state index in [-0.39, 0.29) is 6.61 Å². The summed E-state index contributed by atoms with van der Waals surface area (Å²) in [7, 11) is 0. The first kappa shape index (κ1) is 19.1. The maximum absolute atomic E-state index is 12.7. The Balaban J connectivity index is 1.46. The standard InChI is InChI=1S/C22H21ClN4O3/c23-16-2-4-21-24-19(14-27(21)13-16)18-11-15-1-3-17(12-20(15)30-22(18)29)26-7-5-25(6-8-26)9-10-28/h1-4,11-14,28H,5-10H2. The van der Waals surface area contributed by atoms with E-state index in [0.717, 1.165) is 37.3 Å². The maximum Gasteiger partial charge on any atom is 0.345 e. The average Bonchev–Trinajstić information content (AvgIpc) is 3.16. The van der Waals surface area contributed by atoms with E-state index < -0.39 is 5.63 Å². The number of fused-ring (bicyclic) bond motifs is 2. The van der Waals surface area contributed by atoms with Crippen molar-refractivity contribution in [3.63, 3.8) is 0 Å². The SMILES string of the molecule is O=c1oc2cc(N3CCN(CCO)CC3)ccc2cc1-c1cn2cc(Cl)ccc2n1. The lowest BCUT2D eigenvalue weighted by Gasteiger charge is -2.35. The maximum atomic E-state index is 12.7. The van der Waals surface area contributed by atoms with E-state index >= 15 is 0 Å². The van der Waals surface area contributed by atoms with Gasteiger partial charge < -0.3 is 18.8 Å². The van der Waals surface area contributed by atoms with Gasteiger partial charge in [0.25, 0.3) is 0 Å². The smallest absolute Gasteiger partial charge is 0.345 e. The number of anilines is 1. The Kier molecular flexibility index (Phi) is 4.94. The molecule has 0 radical (unpaired) electrons. The van der Waals surface area contributed by atoms with Crippen molar-refractivity contribution in [2.75, 3.05) is 44.2 Å². The van der Waals surface area contributed by atoms with Crippen LogP contribution < -0.4 is 10.5 Å². The summed E-state index contributed by atoms with van der Waals surface area (Å²) in [6.45, 7) is 4.44. The van der Waals surface area contributed by atoms with Gasteiger partial charge in [-0.3, -0.25) is 4.90 Å². The fourth-order valence-corrected chi connectivity index (χ4v) is 4.11. The lowest BCUT2D eigenvalue weighted by atomic mass is 10.1. The summed E-state index contributed by atoms with van der Waals surface area (Å²) in [6, 6.07) is 11.4. The van der Waals surface area contributed by atoms with Gasteiger partial charge in [0.05, 0.1) is 22.9 Å². The van der Waals surface area contributed by atoms with Gasteiger partial charge in [-0.1, -0.05) is 11.6 Å². The lowest BCUT2D eigenvalue weighted by Crippen LogP contribution is -2.47. The third kappa shape index (κ3) is 3.56. The van der Waals surface area contributed by atoms with Gasteiger partial charge in [-0.2, -0.15) is 0 Å².